The maximum Gasteiger partial charge on any atom is 0.278 e. The number of hydrogen-bond donors (Lipinski definition) is 0. The van der Waals surface area contributed by atoms with Gasteiger partial charge in [-0.3, -0.25) is 14.4 Å². The first kappa shape index (κ1) is 17.2. The van der Waals surface area contributed by atoms with Gasteiger partial charge < -0.3 is 4.74 Å². The smallest absolute Gasteiger partial charge is 0.278 e. The van der Waals surface area contributed by atoms with Crippen LogP contribution in [0.4, 0.5) is 10.2 Å². The SMILES string of the molecule is Cc1nc(N2C(=O)c3cc(COc4ccccc4)nn3C[C@H]2C)ccc1F. The zero-order chi connectivity index (χ0) is 19.0. The van der Waals surface area contributed by atoms with E-state index in [4.69, 9.17) is 4.74 Å². The van der Waals surface area contributed by atoms with Crippen LogP contribution in [-0.4, -0.2) is 26.7 Å². The molecule has 1 amide bonds. The van der Waals surface area contributed by atoms with Crippen LogP contribution < -0.4 is 9.64 Å². The quantitative estimate of drug-likeness (QED) is 0.710. The molecule has 0 N–H and O–H groups in total. The van der Waals surface area contributed by atoms with E-state index >= 15 is 0 Å². The van der Waals surface area contributed by atoms with Crippen molar-refractivity contribution in [3.05, 3.63) is 71.4 Å². The summed E-state index contributed by atoms with van der Waals surface area (Å²) in [6.45, 7) is 4.31. The standard InChI is InChI=1S/C20H19FN4O2/c1-13-11-24-18(10-15(23-24)12-27-16-6-4-3-5-7-16)20(26)25(13)19-9-8-17(21)14(2)22-19/h3-10,13H,11-12H2,1-2H3/t13-/m1/s1. The number of carbonyl (C=O) groups excluding carboxylic acids is 1. The molecule has 3 heterocycles. The van der Waals surface area contributed by atoms with Crippen LogP contribution in [-0.2, 0) is 13.2 Å². The minimum absolute atomic E-state index is 0.148. The Kier molecular flexibility index (Phi) is 4.35. The van der Waals surface area contributed by atoms with Gasteiger partial charge in [-0.1, -0.05) is 18.2 Å². The van der Waals surface area contributed by atoms with E-state index in [9.17, 15) is 9.18 Å². The number of fused-ring (bicyclic) bond motifs is 1. The molecule has 0 aliphatic carbocycles. The predicted octanol–water partition coefficient (Wildman–Crippen LogP) is 3.35. The number of pyridine rings is 1. The molecule has 0 bridgehead atoms. The average Bonchev–Trinajstić information content (AvgIpc) is 3.07. The highest BCUT2D eigenvalue weighted by Crippen LogP contribution is 2.25. The van der Waals surface area contributed by atoms with Crippen LogP contribution in [0.25, 0.3) is 0 Å². The van der Waals surface area contributed by atoms with Crippen molar-refractivity contribution >= 4 is 11.7 Å². The average molecular weight is 366 g/mol. The lowest BCUT2D eigenvalue weighted by atomic mass is 10.1. The van der Waals surface area contributed by atoms with Gasteiger partial charge in [-0.25, -0.2) is 9.37 Å². The lowest BCUT2D eigenvalue weighted by molar-refractivity contribution is 0.0946. The lowest BCUT2D eigenvalue weighted by Gasteiger charge is -2.32. The van der Waals surface area contributed by atoms with E-state index in [2.05, 4.69) is 10.1 Å². The molecule has 1 aliphatic heterocycles. The van der Waals surface area contributed by atoms with Crippen molar-refractivity contribution in [2.75, 3.05) is 4.90 Å². The van der Waals surface area contributed by atoms with E-state index in [0.717, 1.165) is 5.75 Å². The molecule has 2 aromatic heterocycles. The first-order valence-corrected chi connectivity index (χ1v) is 8.74. The number of aromatic nitrogens is 3. The van der Waals surface area contributed by atoms with Crippen LogP contribution in [0, 0.1) is 12.7 Å². The Morgan fingerprint density at radius 3 is 2.74 bits per heavy atom. The molecule has 1 atom stereocenters. The van der Waals surface area contributed by atoms with Gasteiger partial charge in [-0.15, -0.1) is 0 Å². The second kappa shape index (κ2) is 6.83. The number of amides is 1. The van der Waals surface area contributed by atoms with Crippen molar-refractivity contribution in [3.8, 4) is 5.75 Å². The zero-order valence-corrected chi connectivity index (χ0v) is 15.1. The number of nitrogens with zero attached hydrogens (tertiary/aromatic N) is 4. The fraction of sp³-hybridized carbons (Fsp3) is 0.250. The molecule has 0 spiro atoms. The van der Waals surface area contributed by atoms with Gasteiger partial charge in [0.15, 0.2) is 0 Å². The summed E-state index contributed by atoms with van der Waals surface area (Å²) in [5, 5.41) is 4.49. The van der Waals surface area contributed by atoms with E-state index in [1.807, 2.05) is 37.3 Å². The van der Waals surface area contributed by atoms with Gasteiger partial charge in [0.05, 0.1) is 18.3 Å². The molecule has 0 radical (unpaired) electrons. The molecule has 0 fully saturated rings. The van der Waals surface area contributed by atoms with Gasteiger partial charge in [-0.05, 0) is 44.2 Å². The Balaban J connectivity index is 1.57. The summed E-state index contributed by atoms with van der Waals surface area (Å²) in [4.78, 5) is 18.8. The highest BCUT2D eigenvalue weighted by Gasteiger charge is 2.33. The molecular weight excluding hydrogens is 347 g/mol. The summed E-state index contributed by atoms with van der Waals surface area (Å²) in [7, 11) is 0. The summed E-state index contributed by atoms with van der Waals surface area (Å²) >= 11 is 0. The van der Waals surface area contributed by atoms with Crippen LogP contribution in [0.2, 0.25) is 0 Å². The number of hydrogen-bond acceptors (Lipinski definition) is 4. The number of anilines is 1. The molecule has 7 heteroatoms. The largest absolute Gasteiger partial charge is 0.487 e. The van der Waals surface area contributed by atoms with Gasteiger partial charge in [0.25, 0.3) is 5.91 Å². The first-order chi connectivity index (χ1) is 13.0. The number of carbonyl (C=O) groups is 1. The minimum Gasteiger partial charge on any atom is -0.487 e. The predicted molar refractivity (Wildman–Crippen MR) is 98.2 cm³/mol. The normalized spacial score (nSPS) is 16.3. The molecule has 6 nitrogen and oxygen atoms in total. The summed E-state index contributed by atoms with van der Waals surface area (Å²) in [5.41, 5.74) is 1.42. The number of aryl methyl sites for hydroxylation is 1. The van der Waals surface area contributed by atoms with Gasteiger partial charge in [0.2, 0.25) is 0 Å². The van der Waals surface area contributed by atoms with Crippen molar-refractivity contribution in [2.24, 2.45) is 0 Å². The number of para-hydroxylation sites is 1. The third-order valence-corrected chi connectivity index (χ3v) is 4.53. The van der Waals surface area contributed by atoms with Gasteiger partial charge >= 0.3 is 0 Å². The summed E-state index contributed by atoms with van der Waals surface area (Å²) < 4.78 is 20.9. The van der Waals surface area contributed by atoms with Crippen molar-refractivity contribution in [1.82, 2.24) is 14.8 Å². The molecule has 138 valence electrons. The minimum atomic E-state index is -0.388. The number of halogens is 1. The number of benzene rings is 1. The highest BCUT2D eigenvalue weighted by molar-refractivity contribution is 6.05. The molecule has 4 rings (SSSR count). The molecule has 0 saturated heterocycles. The molecule has 1 aromatic carbocycles. The van der Waals surface area contributed by atoms with Crippen molar-refractivity contribution < 1.29 is 13.9 Å². The first-order valence-electron chi connectivity index (χ1n) is 8.74. The topological polar surface area (TPSA) is 60.3 Å². The summed E-state index contributed by atoms with van der Waals surface area (Å²) in [6, 6.07) is 13.9. The monoisotopic (exact) mass is 366 g/mol. The van der Waals surface area contributed by atoms with Gasteiger partial charge in [0.1, 0.15) is 35.4 Å². The number of ether oxygens (including phenoxy) is 1. The second-order valence-corrected chi connectivity index (χ2v) is 6.57. The Morgan fingerprint density at radius 1 is 1.22 bits per heavy atom. The zero-order valence-electron chi connectivity index (χ0n) is 15.1. The lowest BCUT2D eigenvalue weighted by Crippen LogP contribution is -2.47. The maximum absolute atomic E-state index is 13.5. The second-order valence-electron chi connectivity index (χ2n) is 6.57. The summed E-state index contributed by atoms with van der Waals surface area (Å²) in [6.07, 6.45) is 0. The van der Waals surface area contributed by atoms with E-state index in [-0.39, 0.29) is 30.1 Å². The van der Waals surface area contributed by atoms with Crippen LogP contribution in [0.1, 0.15) is 28.8 Å². The van der Waals surface area contributed by atoms with Gasteiger partial charge in [0, 0.05) is 0 Å². The van der Waals surface area contributed by atoms with E-state index < -0.39 is 0 Å². The fourth-order valence-electron chi connectivity index (χ4n) is 3.18. The third kappa shape index (κ3) is 3.28. The molecule has 27 heavy (non-hydrogen) atoms. The molecular formula is C20H19FN4O2. The number of rotatable bonds is 4. The Morgan fingerprint density at radius 2 is 2.00 bits per heavy atom. The highest BCUT2D eigenvalue weighted by atomic mass is 19.1. The fourth-order valence-corrected chi connectivity index (χ4v) is 3.18. The van der Waals surface area contributed by atoms with Crippen LogP contribution in [0.3, 0.4) is 0 Å². The molecule has 1 aliphatic rings. The molecule has 0 unspecified atom stereocenters. The third-order valence-electron chi connectivity index (χ3n) is 4.53. The van der Waals surface area contributed by atoms with Gasteiger partial charge in [-0.2, -0.15) is 5.10 Å². The van der Waals surface area contributed by atoms with Crippen molar-refractivity contribution in [2.45, 2.75) is 33.0 Å². The van der Waals surface area contributed by atoms with E-state index in [0.29, 0.717) is 23.8 Å². The van der Waals surface area contributed by atoms with Crippen LogP contribution in [0.15, 0.2) is 48.5 Å². The maximum atomic E-state index is 13.5. The molecule has 3 aromatic rings. The molecule has 0 saturated carbocycles. The Bertz CT molecular complexity index is 987. The van der Waals surface area contributed by atoms with E-state index in [1.165, 1.54) is 12.1 Å². The van der Waals surface area contributed by atoms with Crippen LogP contribution >= 0.6 is 0 Å². The Labute approximate surface area is 156 Å². The van der Waals surface area contributed by atoms with Crippen molar-refractivity contribution in [3.63, 3.8) is 0 Å². The Hall–Kier alpha value is -3.22. The van der Waals surface area contributed by atoms with Crippen LogP contribution in [0.5, 0.6) is 5.75 Å². The summed E-state index contributed by atoms with van der Waals surface area (Å²) in [5.74, 6) is 0.601. The van der Waals surface area contributed by atoms with E-state index in [1.54, 1.807) is 22.6 Å². The van der Waals surface area contributed by atoms with Crippen molar-refractivity contribution in [1.29, 1.82) is 0 Å².